The molecule has 0 aromatic heterocycles. The summed E-state index contributed by atoms with van der Waals surface area (Å²) in [6, 6.07) is -5.40. The minimum atomic E-state index is -4.64. The maximum atomic E-state index is 13.9. The van der Waals surface area contributed by atoms with Gasteiger partial charge in [0.15, 0.2) is 0 Å². The zero-order valence-corrected chi connectivity index (χ0v) is 27.8. The third-order valence-corrected chi connectivity index (χ3v) is 9.89. The number of amides is 5. The van der Waals surface area contributed by atoms with E-state index in [4.69, 9.17) is 0 Å². The first kappa shape index (κ1) is 38.2. The van der Waals surface area contributed by atoms with Gasteiger partial charge in [-0.15, -0.1) is 0 Å². The van der Waals surface area contributed by atoms with Crippen molar-refractivity contribution in [2.24, 2.45) is 10.8 Å². The van der Waals surface area contributed by atoms with Gasteiger partial charge >= 0.3 is 12.2 Å². The van der Waals surface area contributed by atoms with Gasteiger partial charge in [0.25, 0.3) is 5.91 Å². The molecule has 0 aliphatic carbocycles. The molecule has 2 heterocycles. The van der Waals surface area contributed by atoms with Crippen LogP contribution in [0.4, 0.5) is 18.0 Å². The number of hydrogen-bond donors (Lipinski definition) is 4. The summed E-state index contributed by atoms with van der Waals surface area (Å²) in [6.07, 6.45) is -5.90. The number of halogens is 3. The average molecular weight is 669 g/mol. The quantitative estimate of drug-likeness (QED) is 0.240. The molecule has 2 saturated heterocycles. The van der Waals surface area contributed by atoms with E-state index in [1.54, 1.807) is 20.8 Å². The summed E-state index contributed by atoms with van der Waals surface area (Å²) in [6.45, 7) is 11.1. The van der Waals surface area contributed by atoms with E-state index in [9.17, 15) is 45.6 Å². The Labute approximate surface area is 262 Å². The Morgan fingerprint density at radius 2 is 1.51 bits per heavy atom. The molecular weight excluding hydrogens is 621 g/mol. The van der Waals surface area contributed by atoms with Crippen molar-refractivity contribution in [3.8, 4) is 0 Å². The lowest BCUT2D eigenvalue weighted by molar-refractivity contribution is -0.147. The van der Waals surface area contributed by atoms with Crippen molar-refractivity contribution < 1.29 is 45.6 Å². The molecular formula is C28H47F3N6O7S. The van der Waals surface area contributed by atoms with E-state index in [0.29, 0.717) is 19.4 Å². The van der Waals surface area contributed by atoms with Gasteiger partial charge in [0.2, 0.25) is 27.6 Å². The molecule has 0 spiro atoms. The van der Waals surface area contributed by atoms with Crippen LogP contribution in [0, 0.1) is 10.8 Å². The van der Waals surface area contributed by atoms with E-state index in [1.165, 1.54) is 9.21 Å². The van der Waals surface area contributed by atoms with E-state index in [0.717, 1.165) is 7.05 Å². The van der Waals surface area contributed by atoms with Crippen molar-refractivity contribution >= 4 is 39.6 Å². The van der Waals surface area contributed by atoms with Crippen LogP contribution in [0.25, 0.3) is 0 Å². The molecule has 2 rings (SSSR count). The molecule has 4 atom stereocenters. The molecule has 17 heteroatoms. The zero-order chi connectivity index (χ0) is 34.5. The topological polar surface area (TPSA) is 174 Å². The van der Waals surface area contributed by atoms with Gasteiger partial charge in [0.05, 0.1) is 11.8 Å². The number of nitrogens with zero attached hydrogens (tertiary/aromatic N) is 2. The van der Waals surface area contributed by atoms with Crippen LogP contribution in [0.5, 0.6) is 0 Å². The number of ketones is 1. The first-order chi connectivity index (χ1) is 20.5. The van der Waals surface area contributed by atoms with Crippen LogP contribution in [-0.4, -0.2) is 110 Å². The van der Waals surface area contributed by atoms with Gasteiger partial charge < -0.3 is 26.2 Å². The molecule has 2 fully saturated rings. The number of rotatable bonds is 11. The average Bonchev–Trinajstić information content (AvgIpc) is 3.52. The van der Waals surface area contributed by atoms with Crippen LogP contribution >= 0.6 is 0 Å². The number of likely N-dealkylation sites (N-methyl/N-ethyl adjacent to an activating group) is 1. The number of carbonyl (C=O) groups is 5. The molecule has 0 aromatic rings. The first-order valence-electron chi connectivity index (χ1n) is 15.0. The third-order valence-electron chi connectivity index (χ3n) is 7.97. The summed E-state index contributed by atoms with van der Waals surface area (Å²) < 4.78 is 64.9. The fourth-order valence-electron chi connectivity index (χ4n) is 5.21. The Balaban J connectivity index is 2.22. The molecule has 0 aromatic carbocycles. The number of nitrogens with one attached hydrogen (secondary N) is 4. The minimum absolute atomic E-state index is 0.0320. The lowest BCUT2D eigenvalue weighted by Gasteiger charge is -2.37. The van der Waals surface area contributed by atoms with Crippen molar-refractivity contribution in [1.82, 2.24) is 30.5 Å². The van der Waals surface area contributed by atoms with Crippen molar-refractivity contribution in [2.75, 3.05) is 32.4 Å². The summed E-state index contributed by atoms with van der Waals surface area (Å²) in [5.74, 6) is -3.88. The molecule has 4 N–H and O–H groups in total. The fraction of sp³-hybridized carbons (Fsp3) is 0.821. The van der Waals surface area contributed by atoms with Crippen LogP contribution < -0.4 is 21.3 Å². The predicted molar refractivity (Wildman–Crippen MR) is 159 cm³/mol. The van der Waals surface area contributed by atoms with Gasteiger partial charge in [0.1, 0.15) is 12.1 Å². The lowest BCUT2D eigenvalue weighted by atomic mass is 9.85. The maximum Gasteiger partial charge on any atom is 0.389 e. The third kappa shape index (κ3) is 10.8. The van der Waals surface area contributed by atoms with Gasteiger partial charge in [-0.2, -0.15) is 17.5 Å². The van der Waals surface area contributed by atoms with E-state index in [1.807, 2.05) is 26.1 Å². The molecule has 0 bridgehead atoms. The Kier molecular flexibility index (Phi) is 12.4. The van der Waals surface area contributed by atoms with Gasteiger partial charge in [-0.1, -0.05) is 41.5 Å². The zero-order valence-electron chi connectivity index (χ0n) is 27.0. The number of urea groups is 1. The van der Waals surface area contributed by atoms with E-state index >= 15 is 0 Å². The summed E-state index contributed by atoms with van der Waals surface area (Å²) in [7, 11) is -2.30. The number of likely N-dealkylation sites (tertiary alicyclic amines) is 1. The van der Waals surface area contributed by atoms with Crippen LogP contribution in [-0.2, 0) is 29.2 Å². The SMILES string of the molecule is CNC(=O)C(=O)C(CCC(F)(F)F)NC(=O)[C@@H]1CCCN1C(=O)[C@@H](NC(=O)N[C@H](CN1CCCS1(=O)=O)C(C)(C)C)C(C)(C)C. The smallest absolute Gasteiger partial charge is 0.353 e. The second-order valence-corrected chi connectivity index (χ2v) is 15.8. The molecule has 45 heavy (non-hydrogen) atoms. The Hall–Kier alpha value is -2.95. The standard InChI is InChI=1S/C28H47F3N6O7S/c1-26(2,3)19(16-36-13-9-15-45(36,43)44)34-25(42)35-21(27(4,5)6)24(41)37-14-8-10-18(37)22(39)33-17(11-12-28(29,30)31)20(38)23(40)32-7/h17-19,21H,8-16H2,1-7H3,(H,32,40)(H,33,39)(H2,34,35,42)/t17?,18-,19+,21+/m0/s1. The molecule has 2 aliphatic rings. The highest BCUT2D eigenvalue weighted by molar-refractivity contribution is 7.89. The number of sulfonamides is 1. The normalized spacial score (nSPS) is 21.0. The molecule has 13 nitrogen and oxygen atoms in total. The predicted octanol–water partition coefficient (Wildman–Crippen LogP) is 1.28. The molecule has 5 amide bonds. The molecule has 0 saturated carbocycles. The Bertz CT molecular complexity index is 1230. The summed E-state index contributed by atoms with van der Waals surface area (Å²) in [5, 5.41) is 9.78. The van der Waals surface area contributed by atoms with Crippen LogP contribution in [0.3, 0.4) is 0 Å². The van der Waals surface area contributed by atoms with Gasteiger partial charge in [-0.3, -0.25) is 19.2 Å². The highest BCUT2D eigenvalue weighted by Crippen LogP contribution is 2.28. The summed E-state index contributed by atoms with van der Waals surface area (Å²) >= 11 is 0. The van der Waals surface area contributed by atoms with Crippen molar-refractivity contribution in [1.29, 1.82) is 0 Å². The molecule has 1 unspecified atom stereocenters. The van der Waals surface area contributed by atoms with Gasteiger partial charge in [-0.25, -0.2) is 13.2 Å². The summed E-state index contributed by atoms with van der Waals surface area (Å²) in [5.41, 5.74) is -1.42. The molecule has 0 radical (unpaired) electrons. The van der Waals surface area contributed by atoms with Crippen molar-refractivity contribution in [2.45, 2.75) is 104 Å². The van der Waals surface area contributed by atoms with Crippen molar-refractivity contribution in [3.05, 3.63) is 0 Å². The highest BCUT2D eigenvalue weighted by atomic mass is 32.2. The molecule has 2 aliphatic heterocycles. The number of hydrogen-bond acceptors (Lipinski definition) is 7. The van der Waals surface area contributed by atoms with E-state index < -0.39 is 93.6 Å². The van der Waals surface area contributed by atoms with Crippen LogP contribution in [0.15, 0.2) is 0 Å². The summed E-state index contributed by atoms with van der Waals surface area (Å²) in [4.78, 5) is 66.0. The monoisotopic (exact) mass is 668 g/mol. The second-order valence-electron chi connectivity index (χ2n) is 13.7. The maximum absolute atomic E-state index is 13.9. The van der Waals surface area contributed by atoms with Crippen LogP contribution in [0.2, 0.25) is 0 Å². The van der Waals surface area contributed by atoms with Crippen LogP contribution in [0.1, 0.15) is 73.6 Å². The van der Waals surface area contributed by atoms with Gasteiger partial charge in [-0.05, 0) is 36.5 Å². The van der Waals surface area contributed by atoms with E-state index in [-0.39, 0.29) is 25.3 Å². The number of alkyl halides is 3. The second kappa shape index (κ2) is 14.6. The van der Waals surface area contributed by atoms with Crippen molar-refractivity contribution in [3.63, 3.8) is 0 Å². The largest absolute Gasteiger partial charge is 0.389 e. The number of carbonyl (C=O) groups excluding carboxylic acids is 5. The highest BCUT2D eigenvalue weighted by Gasteiger charge is 2.44. The fourth-order valence-corrected chi connectivity index (χ4v) is 6.75. The Morgan fingerprint density at radius 1 is 0.889 bits per heavy atom. The number of Topliss-reactive ketones (excluding diaryl/α,β-unsaturated/α-hetero) is 1. The minimum Gasteiger partial charge on any atom is -0.353 e. The lowest BCUT2D eigenvalue weighted by Crippen LogP contribution is -2.61. The first-order valence-corrected chi connectivity index (χ1v) is 16.6. The van der Waals surface area contributed by atoms with Gasteiger partial charge in [0, 0.05) is 39.1 Å². The molecule has 258 valence electrons. The van der Waals surface area contributed by atoms with E-state index in [2.05, 4.69) is 16.0 Å². The Morgan fingerprint density at radius 3 is 2.00 bits per heavy atom.